The molecule has 0 aliphatic heterocycles. The molecule has 2 aromatic rings. The molecule has 16 heavy (non-hydrogen) atoms. The second kappa shape index (κ2) is 4.78. The first-order valence-electron chi connectivity index (χ1n) is 4.13. The van der Waals surface area contributed by atoms with Crippen LogP contribution < -0.4 is 18.9 Å². The molecule has 0 radical (unpaired) electrons. The normalized spacial score (nSPS) is 11.1. The van der Waals surface area contributed by atoms with Gasteiger partial charge in [0.25, 0.3) is 0 Å². The molecule has 0 spiro atoms. The summed E-state index contributed by atoms with van der Waals surface area (Å²) in [5.74, 6) is 0. The molecule has 0 bridgehead atoms. The minimum atomic E-state index is -4.54. The number of halogens is 1. The molecule has 0 unspecified atom stereocenters. The van der Waals surface area contributed by atoms with Gasteiger partial charge in [0.15, 0.2) is 0 Å². The van der Waals surface area contributed by atoms with Gasteiger partial charge in [0.2, 0.25) is 0 Å². The van der Waals surface area contributed by atoms with Gasteiger partial charge in [-0.3, -0.25) is 0 Å². The van der Waals surface area contributed by atoms with Gasteiger partial charge in [-0.05, 0) is 11.5 Å². The number of hydrogen-bond acceptors (Lipinski definition) is 3. The minimum absolute atomic E-state index is 0. The van der Waals surface area contributed by atoms with Crippen molar-refractivity contribution >= 4 is 32.5 Å². The summed E-state index contributed by atoms with van der Waals surface area (Å²) in [5, 5.41) is 1.00. The van der Waals surface area contributed by atoms with Crippen molar-refractivity contribution in [3.05, 3.63) is 41.4 Å². The van der Waals surface area contributed by atoms with Gasteiger partial charge in [0.05, 0.1) is 9.92 Å². The fourth-order valence-electron chi connectivity index (χ4n) is 1.47. The zero-order valence-electron chi connectivity index (χ0n) is 8.48. The molecule has 78 valence electrons. The minimum Gasteiger partial charge on any atom is -0.744 e. The molecule has 0 amide bonds. The topological polar surface area (TPSA) is 57.2 Å². The maximum absolute atomic E-state index is 11.0. The fraction of sp³-hybridized carbons (Fsp3) is 0. The Labute approximate surface area is 110 Å². The van der Waals surface area contributed by atoms with Crippen LogP contribution in [0.1, 0.15) is 0 Å². The van der Waals surface area contributed by atoms with Crippen molar-refractivity contribution in [3.63, 3.8) is 0 Å². The van der Waals surface area contributed by atoms with E-state index in [0.29, 0.717) is 10.8 Å². The van der Waals surface area contributed by atoms with Crippen LogP contribution in [0.3, 0.4) is 0 Å². The molecule has 2 rings (SSSR count). The standard InChI is InChI=1S/C10H7ClO3S.Li/c11-9-6-5-7-3-1-2-4-8(7)10(9)15(12,13)14;/h1-6H,(H,12,13,14);/q;+1/p-1. The van der Waals surface area contributed by atoms with Crippen LogP contribution in [0.25, 0.3) is 10.8 Å². The maximum Gasteiger partial charge on any atom is 1.00 e. The van der Waals surface area contributed by atoms with Gasteiger partial charge in [-0.1, -0.05) is 41.9 Å². The van der Waals surface area contributed by atoms with Crippen molar-refractivity contribution < 1.29 is 31.8 Å². The van der Waals surface area contributed by atoms with Crippen molar-refractivity contribution in [1.82, 2.24) is 0 Å². The first kappa shape index (κ1) is 13.6. The van der Waals surface area contributed by atoms with E-state index in [0.717, 1.165) is 0 Å². The summed E-state index contributed by atoms with van der Waals surface area (Å²) in [6, 6.07) is 9.79. The number of rotatable bonds is 1. The quantitative estimate of drug-likeness (QED) is 0.500. The summed E-state index contributed by atoms with van der Waals surface area (Å²) in [5.41, 5.74) is 0. The van der Waals surface area contributed by atoms with Gasteiger partial charge in [0.1, 0.15) is 10.1 Å². The zero-order chi connectivity index (χ0) is 11.1. The summed E-state index contributed by atoms with van der Waals surface area (Å²) < 4.78 is 33.1. The Kier molecular flexibility index (Phi) is 4.05. The average molecular weight is 249 g/mol. The SMILES string of the molecule is O=S(=O)([O-])c1c(Cl)ccc2ccccc12.[Li+]. The molecule has 3 nitrogen and oxygen atoms in total. The van der Waals surface area contributed by atoms with E-state index in [4.69, 9.17) is 11.6 Å². The van der Waals surface area contributed by atoms with E-state index >= 15 is 0 Å². The van der Waals surface area contributed by atoms with Crippen LogP contribution in [0.5, 0.6) is 0 Å². The molecule has 0 saturated heterocycles. The largest absolute Gasteiger partial charge is 1.00 e. The molecule has 0 fully saturated rings. The van der Waals surface area contributed by atoms with E-state index in [1.54, 1.807) is 30.3 Å². The molecular weight excluding hydrogens is 243 g/mol. The van der Waals surface area contributed by atoms with Crippen LogP contribution in [-0.2, 0) is 10.1 Å². The van der Waals surface area contributed by atoms with Crippen LogP contribution in [0.15, 0.2) is 41.3 Å². The van der Waals surface area contributed by atoms with Crippen LogP contribution in [0.2, 0.25) is 5.02 Å². The van der Waals surface area contributed by atoms with Crippen LogP contribution >= 0.6 is 11.6 Å². The van der Waals surface area contributed by atoms with Gasteiger partial charge in [0, 0.05) is 5.39 Å². The molecule has 6 heteroatoms. The van der Waals surface area contributed by atoms with E-state index in [9.17, 15) is 13.0 Å². The Morgan fingerprint density at radius 1 is 1.06 bits per heavy atom. The van der Waals surface area contributed by atoms with Crippen LogP contribution in [0, 0.1) is 0 Å². The van der Waals surface area contributed by atoms with Crippen molar-refractivity contribution in [1.29, 1.82) is 0 Å². The smallest absolute Gasteiger partial charge is 0.744 e. The average Bonchev–Trinajstić information content (AvgIpc) is 2.15. The third-order valence-corrected chi connectivity index (χ3v) is 3.45. The van der Waals surface area contributed by atoms with Crippen molar-refractivity contribution in [3.8, 4) is 0 Å². The molecule has 0 aromatic heterocycles. The summed E-state index contributed by atoms with van der Waals surface area (Å²) in [6.45, 7) is 0. The second-order valence-electron chi connectivity index (χ2n) is 3.05. The Morgan fingerprint density at radius 2 is 1.69 bits per heavy atom. The predicted octanol–water partition coefficient (Wildman–Crippen LogP) is -0.599. The van der Waals surface area contributed by atoms with Gasteiger partial charge in [-0.25, -0.2) is 8.42 Å². The number of benzene rings is 2. The van der Waals surface area contributed by atoms with Crippen molar-refractivity contribution in [2.75, 3.05) is 0 Å². The summed E-state index contributed by atoms with van der Waals surface area (Å²) >= 11 is 5.71. The van der Waals surface area contributed by atoms with Gasteiger partial charge < -0.3 is 4.55 Å². The maximum atomic E-state index is 11.0. The first-order chi connectivity index (χ1) is 7.00. The molecule has 0 aliphatic rings. The third-order valence-electron chi connectivity index (χ3n) is 2.08. The second-order valence-corrected chi connectivity index (χ2v) is 4.78. The van der Waals surface area contributed by atoms with E-state index in [2.05, 4.69) is 0 Å². The zero-order valence-corrected chi connectivity index (χ0v) is 10.0. The molecule has 0 heterocycles. The number of hydrogen-bond donors (Lipinski definition) is 0. The van der Waals surface area contributed by atoms with Gasteiger partial charge in [-0.2, -0.15) is 0 Å². The summed E-state index contributed by atoms with van der Waals surface area (Å²) in [6.07, 6.45) is 0. The molecule has 2 aromatic carbocycles. The predicted molar refractivity (Wildman–Crippen MR) is 56.9 cm³/mol. The Hall–Kier alpha value is -0.503. The van der Waals surface area contributed by atoms with E-state index < -0.39 is 10.1 Å². The number of fused-ring (bicyclic) bond motifs is 1. The Bertz CT molecular complexity index is 625. The van der Waals surface area contributed by atoms with Gasteiger partial charge in [-0.15, -0.1) is 0 Å². The molecule has 0 aliphatic carbocycles. The first-order valence-corrected chi connectivity index (χ1v) is 5.92. The van der Waals surface area contributed by atoms with E-state index in [-0.39, 0.29) is 28.8 Å². The van der Waals surface area contributed by atoms with Crippen LogP contribution in [0.4, 0.5) is 0 Å². The van der Waals surface area contributed by atoms with E-state index in [1.807, 2.05) is 0 Å². The Morgan fingerprint density at radius 3 is 2.31 bits per heavy atom. The fourth-order valence-corrected chi connectivity index (χ4v) is 2.68. The molecule has 0 atom stereocenters. The Balaban J connectivity index is 0.00000128. The summed E-state index contributed by atoms with van der Waals surface area (Å²) in [7, 11) is -4.54. The van der Waals surface area contributed by atoms with Gasteiger partial charge >= 0.3 is 18.9 Å². The molecular formula is C10H6ClLiO3S. The van der Waals surface area contributed by atoms with Crippen molar-refractivity contribution in [2.24, 2.45) is 0 Å². The third kappa shape index (κ3) is 2.42. The monoisotopic (exact) mass is 248 g/mol. The van der Waals surface area contributed by atoms with E-state index in [1.165, 1.54) is 6.07 Å². The molecule has 0 saturated carbocycles. The van der Waals surface area contributed by atoms with Crippen molar-refractivity contribution in [2.45, 2.75) is 4.90 Å². The van der Waals surface area contributed by atoms with Crippen LogP contribution in [-0.4, -0.2) is 13.0 Å². The summed E-state index contributed by atoms with van der Waals surface area (Å²) in [4.78, 5) is -0.345. The molecule has 0 N–H and O–H groups in total.